The molecule has 0 unspecified atom stereocenters. The minimum atomic E-state index is -3.10. The lowest BCUT2D eigenvalue weighted by Gasteiger charge is -2.03. The van der Waals surface area contributed by atoms with Crippen LogP contribution in [-0.4, -0.2) is 21.4 Å². The number of rotatable bonds is 3. The molecule has 0 saturated carbocycles. The van der Waals surface area contributed by atoms with Crippen molar-refractivity contribution in [2.24, 2.45) is 4.99 Å². The molecule has 0 aromatic heterocycles. The van der Waals surface area contributed by atoms with E-state index in [0.717, 1.165) is 5.57 Å². The van der Waals surface area contributed by atoms with E-state index in [-0.39, 0.29) is 0 Å². The number of nitrogens with zero attached hydrogens (tertiary/aromatic N) is 1. The summed E-state index contributed by atoms with van der Waals surface area (Å²) in [6.07, 6.45) is 2.73. The van der Waals surface area contributed by atoms with Gasteiger partial charge in [0.05, 0.1) is 4.91 Å². The van der Waals surface area contributed by atoms with E-state index in [0.29, 0.717) is 8.48 Å². The van der Waals surface area contributed by atoms with Gasteiger partial charge in [0.2, 0.25) is 0 Å². The van der Waals surface area contributed by atoms with Crippen LogP contribution < -0.4 is 0 Å². The fourth-order valence-corrected chi connectivity index (χ4v) is 2.46. The Morgan fingerprint density at radius 1 is 1.46 bits per heavy atom. The quantitative estimate of drug-likeness (QED) is 0.456. The smallest absolute Gasteiger partial charge is 0.172 e. The molecule has 0 amide bonds. The normalized spacial score (nSPS) is 15.2. The minimum Gasteiger partial charge on any atom is -0.272 e. The zero-order chi connectivity index (χ0) is 10.6. The molecule has 0 atom stereocenters. The zero-order valence-electron chi connectivity index (χ0n) is 7.83. The third-order valence-electron chi connectivity index (χ3n) is 1.50. The maximum atomic E-state index is 11.1. The molecule has 0 aliphatic rings. The standard InChI is InChI=1S/C8H12INO2S/c1-6(5-10-3)8(9)7(2)13(4,11)12/h5H,3H2,1-2,4H3/b6-5-,8-7-. The second-order valence-corrected chi connectivity index (χ2v) is 5.87. The number of sulfone groups is 1. The Balaban J connectivity index is 5.29. The Morgan fingerprint density at radius 2 is 1.92 bits per heavy atom. The topological polar surface area (TPSA) is 46.5 Å². The van der Waals surface area contributed by atoms with Crippen LogP contribution in [0.25, 0.3) is 0 Å². The average Bonchev–Trinajstić information content (AvgIpc) is 2.00. The van der Waals surface area contributed by atoms with Crippen molar-refractivity contribution in [3.63, 3.8) is 0 Å². The third kappa shape index (κ3) is 4.04. The molecule has 13 heavy (non-hydrogen) atoms. The average molecular weight is 313 g/mol. The zero-order valence-corrected chi connectivity index (χ0v) is 10.8. The van der Waals surface area contributed by atoms with Gasteiger partial charge in [0.1, 0.15) is 0 Å². The first-order valence-corrected chi connectivity index (χ1v) is 6.47. The lowest BCUT2D eigenvalue weighted by Crippen LogP contribution is -1.99. The fraction of sp³-hybridized carbons (Fsp3) is 0.375. The molecule has 0 N–H and O–H groups in total. The molecule has 0 fully saturated rings. The first-order chi connectivity index (χ1) is 5.80. The van der Waals surface area contributed by atoms with Crippen LogP contribution in [-0.2, 0) is 9.84 Å². The lowest BCUT2D eigenvalue weighted by atomic mass is 10.3. The molecule has 74 valence electrons. The van der Waals surface area contributed by atoms with Crippen molar-refractivity contribution >= 4 is 39.1 Å². The first kappa shape index (κ1) is 12.8. The second-order valence-electron chi connectivity index (χ2n) is 2.64. The highest BCUT2D eigenvalue weighted by molar-refractivity contribution is 14.1. The summed E-state index contributed by atoms with van der Waals surface area (Å²) in [5, 5.41) is 0. The molecule has 0 aliphatic carbocycles. The monoisotopic (exact) mass is 313 g/mol. The van der Waals surface area contributed by atoms with Crippen LogP contribution >= 0.6 is 22.6 Å². The molecule has 0 rings (SSSR count). The maximum Gasteiger partial charge on any atom is 0.172 e. The van der Waals surface area contributed by atoms with E-state index in [2.05, 4.69) is 11.7 Å². The molecule has 5 heteroatoms. The van der Waals surface area contributed by atoms with Gasteiger partial charge in [0.25, 0.3) is 0 Å². The van der Waals surface area contributed by atoms with Gasteiger partial charge in [-0.3, -0.25) is 4.99 Å². The van der Waals surface area contributed by atoms with Gasteiger partial charge >= 0.3 is 0 Å². The van der Waals surface area contributed by atoms with Gasteiger partial charge in [0, 0.05) is 16.0 Å². The van der Waals surface area contributed by atoms with E-state index in [1.807, 2.05) is 22.6 Å². The third-order valence-corrected chi connectivity index (χ3v) is 4.84. The molecule has 3 nitrogen and oxygen atoms in total. The highest BCUT2D eigenvalue weighted by atomic mass is 127. The molecular formula is C8H12INO2S. The molecule has 0 bridgehead atoms. The Labute approximate surface area is 92.7 Å². The molecule has 0 aliphatic heterocycles. The predicted molar refractivity (Wildman–Crippen MR) is 64.9 cm³/mol. The van der Waals surface area contributed by atoms with Gasteiger partial charge in [-0.2, -0.15) is 0 Å². The van der Waals surface area contributed by atoms with Crippen molar-refractivity contribution in [1.82, 2.24) is 0 Å². The van der Waals surface area contributed by atoms with Gasteiger partial charge in [-0.25, -0.2) is 8.42 Å². The van der Waals surface area contributed by atoms with Crippen molar-refractivity contribution in [2.45, 2.75) is 13.8 Å². The van der Waals surface area contributed by atoms with Crippen LogP contribution in [0.5, 0.6) is 0 Å². The SMILES string of the molecule is C=N/C=C(C)\C(I)=C(/C)S(C)(=O)=O. The summed E-state index contributed by atoms with van der Waals surface area (Å²) in [7, 11) is -3.10. The van der Waals surface area contributed by atoms with Crippen LogP contribution in [0, 0.1) is 0 Å². The van der Waals surface area contributed by atoms with E-state index in [4.69, 9.17) is 0 Å². The molecule has 0 saturated heterocycles. The molecule has 0 aromatic rings. The number of hydrogen-bond donors (Lipinski definition) is 0. The number of hydrogen-bond acceptors (Lipinski definition) is 3. The Kier molecular flexibility index (Phi) is 4.83. The lowest BCUT2D eigenvalue weighted by molar-refractivity contribution is 0.607. The summed E-state index contributed by atoms with van der Waals surface area (Å²) in [6, 6.07) is 0. The van der Waals surface area contributed by atoms with Crippen LogP contribution in [0.15, 0.2) is 25.3 Å². The molecule has 0 spiro atoms. The number of allylic oxidation sites excluding steroid dienone is 3. The van der Waals surface area contributed by atoms with Crippen LogP contribution in [0.1, 0.15) is 13.8 Å². The molecule has 0 heterocycles. The Hall–Kier alpha value is -0.170. The van der Waals surface area contributed by atoms with Crippen LogP contribution in [0.4, 0.5) is 0 Å². The first-order valence-electron chi connectivity index (χ1n) is 3.50. The highest BCUT2D eigenvalue weighted by Crippen LogP contribution is 2.24. The van der Waals surface area contributed by atoms with Gasteiger partial charge in [0.15, 0.2) is 9.84 Å². The van der Waals surface area contributed by atoms with Crippen molar-refractivity contribution in [2.75, 3.05) is 6.26 Å². The summed E-state index contributed by atoms with van der Waals surface area (Å²) in [5.74, 6) is 0. The predicted octanol–water partition coefficient (Wildman–Crippen LogP) is 2.30. The maximum absolute atomic E-state index is 11.1. The summed E-state index contributed by atoms with van der Waals surface area (Å²) in [5.41, 5.74) is 0.804. The number of aliphatic imine (C=N–C) groups is 1. The summed E-state index contributed by atoms with van der Waals surface area (Å²) in [4.78, 5) is 3.94. The molecule has 0 radical (unpaired) electrons. The van der Waals surface area contributed by atoms with Gasteiger partial charge < -0.3 is 0 Å². The van der Waals surface area contributed by atoms with Crippen LogP contribution in [0.2, 0.25) is 0 Å². The van der Waals surface area contributed by atoms with E-state index >= 15 is 0 Å². The fourth-order valence-electron chi connectivity index (χ4n) is 0.634. The summed E-state index contributed by atoms with van der Waals surface area (Å²) < 4.78 is 23.0. The van der Waals surface area contributed by atoms with Crippen LogP contribution in [0.3, 0.4) is 0 Å². The van der Waals surface area contributed by atoms with Crippen molar-refractivity contribution in [3.05, 3.63) is 20.3 Å². The van der Waals surface area contributed by atoms with Crippen molar-refractivity contribution in [3.8, 4) is 0 Å². The second kappa shape index (κ2) is 4.90. The largest absolute Gasteiger partial charge is 0.272 e. The highest BCUT2D eigenvalue weighted by Gasteiger charge is 2.11. The van der Waals surface area contributed by atoms with Gasteiger partial charge in [-0.1, -0.05) is 0 Å². The molecular weight excluding hydrogens is 301 g/mol. The van der Waals surface area contributed by atoms with E-state index in [1.54, 1.807) is 13.8 Å². The Morgan fingerprint density at radius 3 is 2.23 bits per heavy atom. The van der Waals surface area contributed by atoms with E-state index in [1.165, 1.54) is 12.5 Å². The van der Waals surface area contributed by atoms with Crippen molar-refractivity contribution < 1.29 is 8.42 Å². The van der Waals surface area contributed by atoms with E-state index in [9.17, 15) is 8.42 Å². The Bertz CT molecular complexity index is 366. The van der Waals surface area contributed by atoms with E-state index < -0.39 is 9.84 Å². The van der Waals surface area contributed by atoms with Gasteiger partial charge in [-0.05, 0) is 48.7 Å². The van der Waals surface area contributed by atoms with Gasteiger partial charge in [-0.15, -0.1) is 0 Å². The molecule has 0 aromatic carbocycles. The van der Waals surface area contributed by atoms with Crippen molar-refractivity contribution in [1.29, 1.82) is 0 Å². The number of halogens is 1. The summed E-state index contributed by atoms with van der Waals surface area (Å²) in [6.45, 7) is 6.68. The minimum absolute atomic E-state index is 0.366. The summed E-state index contributed by atoms with van der Waals surface area (Å²) >= 11 is 1.99.